The van der Waals surface area contributed by atoms with Crippen molar-refractivity contribution in [2.75, 3.05) is 13.7 Å². The van der Waals surface area contributed by atoms with Crippen molar-refractivity contribution in [3.05, 3.63) is 34.7 Å². The molecule has 0 saturated carbocycles. The smallest absolute Gasteiger partial charge is 0.465 e. The van der Waals surface area contributed by atoms with Gasteiger partial charge < -0.3 is 4.74 Å². The van der Waals surface area contributed by atoms with Crippen molar-refractivity contribution in [3.63, 3.8) is 0 Å². The largest absolute Gasteiger partial charge is 0.475 e. The molecule has 0 unspecified atom stereocenters. The van der Waals surface area contributed by atoms with Crippen LogP contribution in [0, 0.1) is 10.3 Å². The van der Waals surface area contributed by atoms with Crippen LogP contribution in [0.1, 0.15) is 24.2 Å². The molecule has 0 atom stereocenters. The Morgan fingerprint density at radius 2 is 1.95 bits per heavy atom. The summed E-state index contributed by atoms with van der Waals surface area (Å²) in [6.07, 6.45) is 0. The number of ether oxygens (including phenoxy) is 1. The SMILES string of the molecule is COC(=O)c1ccccc1SC(=O)C(C)(C)CO[N+](=O)O. The third kappa shape index (κ3) is 4.75. The van der Waals surface area contributed by atoms with E-state index in [0.29, 0.717) is 4.90 Å². The van der Waals surface area contributed by atoms with Crippen molar-refractivity contribution in [2.24, 2.45) is 5.41 Å². The van der Waals surface area contributed by atoms with E-state index in [1.165, 1.54) is 7.11 Å². The summed E-state index contributed by atoms with van der Waals surface area (Å²) in [6, 6.07) is 6.53. The van der Waals surface area contributed by atoms with E-state index in [9.17, 15) is 14.5 Å². The molecule has 7 nitrogen and oxygen atoms in total. The summed E-state index contributed by atoms with van der Waals surface area (Å²) in [6.45, 7) is 2.83. The van der Waals surface area contributed by atoms with Gasteiger partial charge in [-0.1, -0.05) is 23.9 Å². The minimum Gasteiger partial charge on any atom is -0.465 e. The van der Waals surface area contributed by atoms with Crippen LogP contribution >= 0.6 is 11.8 Å². The van der Waals surface area contributed by atoms with Gasteiger partial charge in [0.1, 0.15) is 4.91 Å². The zero-order chi connectivity index (χ0) is 16.0. The molecule has 0 heterocycles. The predicted molar refractivity (Wildman–Crippen MR) is 73.8 cm³/mol. The van der Waals surface area contributed by atoms with E-state index in [0.717, 1.165) is 11.8 Å². The number of thioether (sulfide) groups is 1. The fraction of sp³-hybridized carbons (Fsp3) is 0.385. The van der Waals surface area contributed by atoms with Crippen LogP contribution < -0.4 is 0 Å². The Balaban J connectivity index is 2.88. The van der Waals surface area contributed by atoms with Gasteiger partial charge in [-0.25, -0.2) is 10.0 Å². The van der Waals surface area contributed by atoms with Gasteiger partial charge in [0.05, 0.1) is 18.1 Å². The monoisotopic (exact) mass is 314 g/mol. The number of rotatable bonds is 6. The average molecular weight is 314 g/mol. The topological polar surface area (TPSA) is 92.9 Å². The molecule has 1 rings (SSSR count). The van der Waals surface area contributed by atoms with E-state index in [1.807, 2.05) is 0 Å². The first-order chi connectivity index (χ1) is 9.77. The number of nitrogens with zero attached hydrogens (tertiary/aromatic N) is 1. The number of hydrogen-bond acceptors (Lipinski definition) is 6. The predicted octanol–water partition coefficient (Wildman–Crippen LogP) is 2.22. The Morgan fingerprint density at radius 1 is 1.33 bits per heavy atom. The van der Waals surface area contributed by atoms with Gasteiger partial charge in [-0.15, -0.1) is 0 Å². The molecule has 8 heteroatoms. The number of esters is 1. The molecule has 0 aromatic heterocycles. The molecular weight excluding hydrogens is 298 g/mol. The standard InChI is InChI=1S/C13H16NO6S/c1-13(2,8-20-14(17)18)12(16)21-10-7-5-4-6-9(10)11(15)19-3/h4-7H,8H2,1-3H3,(H,17,18)/q+1. The van der Waals surface area contributed by atoms with E-state index in [4.69, 9.17) is 5.21 Å². The number of hydrogen-bond donors (Lipinski definition) is 1. The summed E-state index contributed by atoms with van der Waals surface area (Å²) in [5.74, 6) is -0.541. The Labute approximate surface area is 125 Å². The Morgan fingerprint density at radius 3 is 2.52 bits per heavy atom. The van der Waals surface area contributed by atoms with Crippen LogP contribution in [0.5, 0.6) is 0 Å². The van der Waals surface area contributed by atoms with Gasteiger partial charge in [0, 0.05) is 4.90 Å². The van der Waals surface area contributed by atoms with Crippen LogP contribution in [-0.2, 0) is 14.4 Å². The van der Waals surface area contributed by atoms with Gasteiger partial charge in [0.2, 0.25) is 5.12 Å². The third-order valence-electron chi connectivity index (χ3n) is 2.58. The lowest BCUT2D eigenvalue weighted by Crippen LogP contribution is -2.29. The van der Waals surface area contributed by atoms with E-state index < -0.39 is 16.5 Å². The van der Waals surface area contributed by atoms with E-state index in [2.05, 4.69) is 9.57 Å². The van der Waals surface area contributed by atoms with Crippen molar-refractivity contribution in [2.45, 2.75) is 18.7 Å². The normalized spacial score (nSPS) is 10.8. The third-order valence-corrected chi connectivity index (χ3v) is 3.90. The second kappa shape index (κ2) is 7.07. The van der Waals surface area contributed by atoms with Crippen molar-refractivity contribution >= 4 is 22.8 Å². The molecule has 0 spiro atoms. The van der Waals surface area contributed by atoms with E-state index >= 15 is 0 Å². The van der Waals surface area contributed by atoms with Crippen LogP contribution in [0.3, 0.4) is 0 Å². The first-order valence-electron chi connectivity index (χ1n) is 5.96. The Kier molecular flexibility index (Phi) is 5.71. The highest BCUT2D eigenvalue weighted by molar-refractivity contribution is 8.13. The van der Waals surface area contributed by atoms with Gasteiger partial charge in [0.25, 0.3) is 0 Å². The lowest BCUT2D eigenvalue weighted by molar-refractivity contribution is -0.976. The van der Waals surface area contributed by atoms with Crippen LogP contribution in [-0.4, -0.2) is 35.1 Å². The zero-order valence-corrected chi connectivity index (χ0v) is 12.7. The number of carbonyl (C=O) groups excluding carboxylic acids is 2. The minimum absolute atomic E-state index is 0.280. The molecule has 0 saturated heterocycles. The molecule has 0 aliphatic rings. The van der Waals surface area contributed by atoms with Crippen molar-refractivity contribution in [1.29, 1.82) is 0 Å². The fourth-order valence-electron chi connectivity index (χ4n) is 1.35. The molecule has 21 heavy (non-hydrogen) atoms. The van der Waals surface area contributed by atoms with Crippen molar-refractivity contribution in [1.82, 2.24) is 0 Å². The van der Waals surface area contributed by atoms with Crippen LogP contribution in [0.2, 0.25) is 0 Å². The molecule has 0 bridgehead atoms. The molecule has 0 radical (unpaired) electrons. The van der Waals surface area contributed by atoms with Crippen molar-refractivity contribution < 1.29 is 29.5 Å². The van der Waals surface area contributed by atoms with Crippen LogP contribution in [0.4, 0.5) is 0 Å². The second-order valence-corrected chi connectivity index (χ2v) is 5.79. The lowest BCUT2D eigenvalue weighted by atomic mass is 9.97. The molecule has 0 amide bonds. The number of carbonyl (C=O) groups is 2. The molecule has 0 fully saturated rings. The van der Waals surface area contributed by atoms with Crippen LogP contribution in [0.15, 0.2) is 29.2 Å². The maximum atomic E-state index is 12.2. The average Bonchev–Trinajstić information content (AvgIpc) is 2.45. The van der Waals surface area contributed by atoms with E-state index in [-0.39, 0.29) is 17.3 Å². The van der Waals surface area contributed by atoms with Gasteiger partial charge in [-0.3, -0.25) is 4.79 Å². The molecule has 1 N–H and O–H groups in total. The first-order valence-corrected chi connectivity index (χ1v) is 6.78. The zero-order valence-electron chi connectivity index (χ0n) is 11.9. The molecular formula is C13H16NO6S+. The summed E-state index contributed by atoms with van der Waals surface area (Å²) in [5.41, 5.74) is -0.748. The molecule has 1 aromatic carbocycles. The number of methoxy groups -OCH3 is 1. The quantitative estimate of drug-likeness (QED) is 0.489. The summed E-state index contributed by atoms with van der Waals surface area (Å²) in [5, 5.41) is 7.40. The molecule has 1 aromatic rings. The fourth-order valence-corrected chi connectivity index (χ4v) is 2.29. The Hall–Kier alpha value is -2.09. The number of benzene rings is 1. The van der Waals surface area contributed by atoms with Gasteiger partial charge in [0.15, 0.2) is 6.61 Å². The Bertz CT molecular complexity index is 557. The molecule has 114 valence electrons. The molecule has 0 aliphatic carbocycles. The highest BCUT2D eigenvalue weighted by Crippen LogP contribution is 2.32. The van der Waals surface area contributed by atoms with Gasteiger partial charge >= 0.3 is 11.1 Å². The highest BCUT2D eigenvalue weighted by Gasteiger charge is 2.33. The maximum Gasteiger partial charge on any atom is 0.475 e. The summed E-state index contributed by atoms with van der Waals surface area (Å²) < 4.78 is 4.65. The second-order valence-electron chi connectivity index (χ2n) is 4.77. The van der Waals surface area contributed by atoms with Crippen molar-refractivity contribution in [3.8, 4) is 0 Å². The summed E-state index contributed by atoms with van der Waals surface area (Å²) in [7, 11) is 1.26. The maximum absolute atomic E-state index is 12.2. The van der Waals surface area contributed by atoms with Crippen LogP contribution in [0.25, 0.3) is 0 Å². The molecule has 0 aliphatic heterocycles. The minimum atomic E-state index is -1.03. The van der Waals surface area contributed by atoms with E-state index in [1.54, 1.807) is 38.1 Å². The van der Waals surface area contributed by atoms with Gasteiger partial charge in [-0.05, 0) is 26.0 Å². The van der Waals surface area contributed by atoms with Gasteiger partial charge in [-0.2, -0.15) is 4.84 Å². The lowest BCUT2D eigenvalue weighted by Gasteiger charge is -2.18. The summed E-state index contributed by atoms with van der Waals surface area (Å²) >= 11 is 0.851. The first kappa shape index (κ1) is 17.0. The summed E-state index contributed by atoms with van der Waals surface area (Å²) in [4.78, 5) is 39.0. The highest BCUT2D eigenvalue weighted by atomic mass is 32.2.